The molecule has 0 aliphatic carbocycles. The number of halogens is 2. The molecule has 0 bridgehead atoms. The van der Waals surface area contributed by atoms with E-state index in [-0.39, 0.29) is 19.0 Å². The van der Waals surface area contributed by atoms with Crippen molar-refractivity contribution < 1.29 is 18.7 Å². The third kappa shape index (κ3) is 2.42. The molecule has 0 aromatic carbocycles. The molecule has 2 aliphatic rings. The molecule has 4 nitrogen and oxygen atoms in total. The molecular weight excluding hydrogens is 218 g/mol. The van der Waals surface area contributed by atoms with Crippen LogP contribution in [-0.4, -0.2) is 59.1 Å². The monoisotopic (exact) mass is 234 g/mol. The molecule has 0 unspecified atom stereocenters. The number of carboxylic acid groups (broad SMARTS) is 1. The van der Waals surface area contributed by atoms with Crippen LogP contribution in [0.3, 0.4) is 0 Å². The van der Waals surface area contributed by atoms with Crippen LogP contribution in [0.25, 0.3) is 0 Å². The molecule has 0 aromatic heterocycles. The summed E-state index contributed by atoms with van der Waals surface area (Å²) >= 11 is 0. The number of carbonyl (C=O) groups is 1. The molecule has 6 heteroatoms. The zero-order valence-electron chi connectivity index (χ0n) is 9.03. The minimum absolute atomic E-state index is 0.0633. The molecule has 92 valence electrons. The number of likely N-dealkylation sites (tertiary alicyclic amines) is 2. The molecular formula is C10H16F2N2O2. The molecule has 2 rings (SSSR count). The number of amides is 1. The Hall–Kier alpha value is -0.910. The predicted molar refractivity (Wildman–Crippen MR) is 53.8 cm³/mol. The smallest absolute Gasteiger partial charge is 0.407 e. The van der Waals surface area contributed by atoms with Crippen LogP contribution in [0, 0.1) is 0 Å². The van der Waals surface area contributed by atoms with Crippen LogP contribution < -0.4 is 0 Å². The summed E-state index contributed by atoms with van der Waals surface area (Å²) in [6.07, 6.45) is 0.363. The number of hydrogen-bond acceptors (Lipinski definition) is 2. The van der Waals surface area contributed by atoms with E-state index < -0.39 is 12.0 Å². The van der Waals surface area contributed by atoms with Crippen LogP contribution in [0.15, 0.2) is 0 Å². The summed E-state index contributed by atoms with van der Waals surface area (Å²) in [6, 6.07) is 0.129. The Bertz CT molecular complexity index is 278. The number of hydrogen-bond donors (Lipinski definition) is 1. The van der Waals surface area contributed by atoms with Gasteiger partial charge < -0.3 is 10.0 Å². The van der Waals surface area contributed by atoms with Gasteiger partial charge in [0.05, 0.1) is 6.54 Å². The topological polar surface area (TPSA) is 43.8 Å². The van der Waals surface area contributed by atoms with E-state index in [0.29, 0.717) is 32.5 Å². The number of piperidine rings is 1. The quantitative estimate of drug-likeness (QED) is 0.747. The second-order valence-corrected chi connectivity index (χ2v) is 4.58. The minimum Gasteiger partial charge on any atom is -0.465 e. The van der Waals surface area contributed by atoms with Gasteiger partial charge in [0.1, 0.15) is 0 Å². The molecule has 0 saturated carbocycles. The van der Waals surface area contributed by atoms with E-state index >= 15 is 0 Å². The molecule has 16 heavy (non-hydrogen) atoms. The fourth-order valence-electron chi connectivity index (χ4n) is 2.50. The lowest BCUT2D eigenvalue weighted by Gasteiger charge is -2.35. The van der Waals surface area contributed by atoms with Gasteiger partial charge in [-0.15, -0.1) is 0 Å². The van der Waals surface area contributed by atoms with Crippen molar-refractivity contribution in [2.45, 2.75) is 31.2 Å². The van der Waals surface area contributed by atoms with E-state index in [1.165, 1.54) is 4.90 Å². The fourth-order valence-corrected chi connectivity index (χ4v) is 2.50. The lowest BCUT2D eigenvalue weighted by Crippen LogP contribution is -2.46. The molecule has 2 heterocycles. The first-order chi connectivity index (χ1) is 7.48. The van der Waals surface area contributed by atoms with Gasteiger partial charge in [-0.05, 0) is 12.8 Å². The van der Waals surface area contributed by atoms with Gasteiger partial charge in [-0.3, -0.25) is 4.90 Å². The van der Waals surface area contributed by atoms with E-state index in [2.05, 4.69) is 0 Å². The molecule has 2 fully saturated rings. The maximum atomic E-state index is 13.0. The van der Waals surface area contributed by atoms with Crippen LogP contribution in [0.1, 0.15) is 19.3 Å². The Kier molecular flexibility index (Phi) is 3.01. The van der Waals surface area contributed by atoms with Crippen LogP contribution in [0.4, 0.5) is 13.6 Å². The van der Waals surface area contributed by atoms with Gasteiger partial charge in [0, 0.05) is 32.1 Å². The largest absolute Gasteiger partial charge is 0.465 e. The van der Waals surface area contributed by atoms with Crippen molar-refractivity contribution in [2.24, 2.45) is 0 Å². The highest BCUT2D eigenvalue weighted by Crippen LogP contribution is 2.30. The predicted octanol–water partition coefficient (Wildman–Crippen LogP) is 1.47. The molecule has 2 aliphatic heterocycles. The average Bonchev–Trinajstić information content (AvgIpc) is 2.59. The summed E-state index contributed by atoms with van der Waals surface area (Å²) in [6.45, 7) is 1.19. The lowest BCUT2D eigenvalue weighted by atomic mass is 10.0. The third-order valence-electron chi connectivity index (χ3n) is 3.45. The standard InChI is InChI=1S/C10H16F2N2O2/c11-10(12)3-6-14(7-10)8-1-4-13(5-2-8)9(15)16/h8H,1-7H2,(H,15,16). The zero-order valence-corrected chi connectivity index (χ0v) is 9.03. The summed E-state index contributed by atoms with van der Waals surface area (Å²) in [4.78, 5) is 13.8. The summed E-state index contributed by atoms with van der Waals surface area (Å²) in [5.41, 5.74) is 0. The van der Waals surface area contributed by atoms with Crippen molar-refractivity contribution >= 4 is 6.09 Å². The number of nitrogens with zero attached hydrogens (tertiary/aromatic N) is 2. The summed E-state index contributed by atoms with van der Waals surface area (Å²) in [7, 11) is 0. The molecule has 1 amide bonds. The maximum absolute atomic E-state index is 13.0. The van der Waals surface area contributed by atoms with Gasteiger partial charge in [-0.25, -0.2) is 13.6 Å². The number of alkyl halides is 2. The summed E-state index contributed by atoms with van der Waals surface area (Å²) in [5.74, 6) is -2.55. The van der Waals surface area contributed by atoms with Crippen molar-refractivity contribution in [3.05, 3.63) is 0 Å². The van der Waals surface area contributed by atoms with Crippen LogP contribution in [0.2, 0.25) is 0 Å². The van der Waals surface area contributed by atoms with E-state index in [0.717, 1.165) is 0 Å². The van der Waals surface area contributed by atoms with Crippen molar-refractivity contribution in [2.75, 3.05) is 26.2 Å². The van der Waals surface area contributed by atoms with Gasteiger partial charge in [0.25, 0.3) is 5.92 Å². The van der Waals surface area contributed by atoms with Crippen molar-refractivity contribution in [3.63, 3.8) is 0 Å². The van der Waals surface area contributed by atoms with Gasteiger partial charge in [-0.2, -0.15) is 0 Å². The van der Waals surface area contributed by atoms with E-state index in [4.69, 9.17) is 5.11 Å². The van der Waals surface area contributed by atoms with E-state index in [9.17, 15) is 13.6 Å². The third-order valence-corrected chi connectivity index (χ3v) is 3.45. The highest BCUT2D eigenvalue weighted by molar-refractivity contribution is 5.65. The number of rotatable bonds is 1. The Morgan fingerprint density at radius 2 is 1.88 bits per heavy atom. The first-order valence-electron chi connectivity index (χ1n) is 5.58. The summed E-state index contributed by atoms with van der Waals surface area (Å²) in [5, 5.41) is 8.77. The van der Waals surface area contributed by atoms with E-state index in [1.807, 2.05) is 0 Å². The maximum Gasteiger partial charge on any atom is 0.407 e. The highest BCUT2D eigenvalue weighted by Gasteiger charge is 2.41. The molecule has 0 spiro atoms. The van der Waals surface area contributed by atoms with E-state index in [1.54, 1.807) is 4.90 Å². The van der Waals surface area contributed by atoms with Crippen molar-refractivity contribution in [1.29, 1.82) is 0 Å². The summed E-state index contributed by atoms with van der Waals surface area (Å²) < 4.78 is 26.0. The Balaban J connectivity index is 1.84. The average molecular weight is 234 g/mol. The molecule has 2 saturated heterocycles. The van der Waals surface area contributed by atoms with Gasteiger partial charge in [-0.1, -0.05) is 0 Å². The molecule has 0 atom stereocenters. The first kappa shape index (κ1) is 11.6. The molecule has 0 radical (unpaired) electrons. The Morgan fingerprint density at radius 1 is 1.25 bits per heavy atom. The lowest BCUT2D eigenvalue weighted by molar-refractivity contribution is 0.00345. The highest BCUT2D eigenvalue weighted by atomic mass is 19.3. The molecule has 1 N–H and O–H groups in total. The minimum atomic E-state index is -2.55. The normalized spacial score (nSPS) is 27.2. The van der Waals surface area contributed by atoms with Crippen LogP contribution in [0.5, 0.6) is 0 Å². The second-order valence-electron chi connectivity index (χ2n) is 4.58. The van der Waals surface area contributed by atoms with Crippen LogP contribution in [-0.2, 0) is 0 Å². The Labute approximate surface area is 92.8 Å². The molecule has 0 aromatic rings. The van der Waals surface area contributed by atoms with Gasteiger partial charge >= 0.3 is 6.09 Å². The first-order valence-corrected chi connectivity index (χ1v) is 5.58. The van der Waals surface area contributed by atoms with Crippen LogP contribution >= 0.6 is 0 Å². The second kappa shape index (κ2) is 4.16. The Morgan fingerprint density at radius 3 is 2.31 bits per heavy atom. The SMILES string of the molecule is O=C(O)N1CCC(N2CCC(F)(F)C2)CC1. The van der Waals surface area contributed by atoms with Crippen molar-refractivity contribution in [3.8, 4) is 0 Å². The van der Waals surface area contributed by atoms with Crippen molar-refractivity contribution in [1.82, 2.24) is 9.80 Å². The fraction of sp³-hybridized carbons (Fsp3) is 0.900. The van der Waals surface area contributed by atoms with Gasteiger partial charge in [0.2, 0.25) is 0 Å². The zero-order chi connectivity index (χ0) is 11.8. The van der Waals surface area contributed by atoms with Gasteiger partial charge in [0.15, 0.2) is 0 Å².